The van der Waals surface area contributed by atoms with Crippen molar-refractivity contribution in [3.8, 4) is 0 Å². The lowest BCUT2D eigenvalue weighted by Crippen LogP contribution is -2.01. The second-order valence-electron chi connectivity index (χ2n) is 2.59. The second kappa shape index (κ2) is 4.77. The summed E-state index contributed by atoms with van der Waals surface area (Å²) in [7, 11) is 0. The molecular formula is C9H8Br2O2. The average molecular weight is 308 g/mol. The Balaban J connectivity index is 3.01. The van der Waals surface area contributed by atoms with Crippen molar-refractivity contribution in [1.29, 1.82) is 0 Å². The summed E-state index contributed by atoms with van der Waals surface area (Å²) in [5, 5.41) is 9.35. The Morgan fingerprint density at radius 2 is 2.00 bits per heavy atom. The molecule has 0 bridgehead atoms. The van der Waals surface area contributed by atoms with Crippen LogP contribution < -0.4 is 0 Å². The third-order valence-electron chi connectivity index (χ3n) is 1.64. The number of hydrogen-bond donors (Lipinski definition) is 1. The van der Waals surface area contributed by atoms with Crippen molar-refractivity contribution in [2.75, 3.05) is 0 Å². The lowest BCUT2D eigenvalue weighted by atomic mass is 10.1. The molecule has 0 saturated heterocycles. The maximum Gasteiger partial charge on any atom is 0.307 e. The molecule has 0 amide bonds. The fraction of sp³-hybridized carbons (Fsp3) is 0.222. The second-order valence-corrected chi connectivity index (χ2v) is 3.95. The SMILES string of the molecule is O=C(O)Cc1cccc(CBr)c1Br. The number of carboxylic acids is 1. The number of benzene rings is 1. The third kappa shape index (κ3) is 2.81. The van der Waals surface area contributed by atoms with Gasteiger partial charge in [-0.05, 0) is 11.1 Å². The number of alkyl halides is 1. The number of hydrogen-bond acceptors (Lipinski definition) is 1. The van der Waals surface area contributed by atoms with Crippen LogP contribution >= 0.6 is 31.9 Å². The molecular weight excluding hydrogens is 300 g/mol. The van der Waals surface area contributed by atoms with Crippen molar-refractivity contribution < 1.29 is 9.90 Å². The maximum absolute atomic E-state index is 10.5. The van der Waals surface area contributed by atoms with Crippen LogP contribution in [0.5, 0.6) is 0 Å². The zero-order valence-corrected chi connectivity index (χ0v) is 9.93. The molecule has 0 aromatic heterocycles. The van der Waals surface area contributed by atoms with Gasteiger partial charge in [0.15, 0.2) is 0 Å². The summed E-state index contributed by atoms with van der Waals surface area (Å²) in [6.07, 6.45) is 0.0570. The van der Waals surface area contributed by atoms with E-state index in [2.05, 4.69) is 31.9 Å². The molecule has 0 aliphatic carbocycles. The first-order chi connectivity index (χ1) is 6.15. The average Bonchev–Trinajstić information content (AvgIpc) is 2.08. The molecule has 1 rings (SSSR count). The van der Waals surface area contributed by atoms with Gasteiger partial charge in [0.1, 0.15) is 0 Å². The topological polar surface area (TPSA) is 37.3 Å². The van der Waals surface area contributed by atoms with Gasteiger partial charge >= 0.3 is 5.97 Å². The molecule has 0 saturated carbocycles. The van der Waals surface area contributed by atoms with Crippen LogP contribution in [0.15, 0.2) is 22.7 Å². The molecule has 1 aromatic rings. The van der Waals surface area contributed by atoms with E-state index < -0.39 is 5.97 Å². The van der Waals surface area contributed by atoms with Gasteiger partial charge in [-0.2, -0.15) is 0 Å². The first kappa shape index (κ1) is 10.7. The summed E-state index contributed by atoms with van der Waals surface area (Å²) in [6, 6.07) is 5.62. The Bertz CT molecular complexity index is 323. The smallest absolute Gasteiger partial charge is 0.307 e. The summed E-state index contributed by atoms with van der Waals surface area (Å²) < 4.78 is 0.884. The van der Waals surface area contributed by atoms with Crippen molar-refractivity contribution in [2.45, 2.75) is 11.8 Å². The summed E-state index contributed by atoms with van der Waals surface area (Å²) in [6.45, 7) is 0. The van der Waals surface area contributed by atoms with E-state index in [-0.39, 0.29) is 6.42 Å². The van der Waals surface area contributed by atoms with Crippen LogP contribution in [-0.2, 0) is 16.5 Å². The van der Waals surface area contributed by atoms with Crippen LogP contribution in [-0.4, -0.2) is 11.1 Å². The highest BCUT2D eigenvalue weighted by atomic mass is 79.9. The normalized spacial score (nSPS) is 10.0. The minimum atomic E-state index is -0.813. The molecule has 0 aliphatic heterocycles. The van der Waals surface area contributed by atoms with Crippen LogP contribution in [0.2, 0.25) is 0 Å². The van der Waals surface area contributed by atoms with Crippen molar-refractivity contribution in [3.63, 3.8) is 0 Å². The molecule has 1 aromatic carbocycles. The predicted octanol–water partition coefficient (Wildman–Crippen LogP) is 2.97. The minimum absolute atomic E-state index is 0.0570. The number of rotatable bonds is 3. The molecule has 0 aliphatic rings. The van der Waals surface area contributed by atoms with Crippen molar-refractivity contribution in [1.82, 2.24) is 0 Å². The van der Waals surface area contributed by atoms with Gasteiger partial charge in [0.2, 0.25) is 0 Å². The van der Waals surface area contributed by atoms with Crippen LogP contribution in [0.4, 0.5) is 0 Å². The van der Waals surface area contributed by atoms with Crippen LogP contribution in [0.25, 0.3) is 0 Å². The van der Waals surface area contributed by atoms with E-state index in [1.165, 1.54) is 0 Å². The fourth-order valence-electron chi connectivity index (χ4n) is 1.04. The van der Waals surface area contributed by atoms with Gasteiger partial charge in [-0.15, -0.1) is 0 Å². The van der Waals surface area contributed by atoms with E-state index in [0.717, 1.165) is 20.9 Å². The number of carboxylic acid groups (broad SMARTS) is 1. The molecule has 1 N–H and O–H groups in total. The fourth-order valence-corrected chi connectivity index (χ4v) is 2.42. The van der Waals surface area contributed by atoms with E-state index in [1.54, 1.807) is 0 Å². The maximum atomic E-state index is 10.5. The molecule has 2 nitrogen and oxygen atoms in total. The van der Waals surface area contributed by atoms with E-state index in [0.29, 0.717) is 0 Å². The van der Waals surface area contributed by atoms with Gasteiger partial charge in [0, 0.05) is 9.80 Å². The van der Waals surface area contributed by atoms with Gasteiger partial charge in [-0.25, -0.2) is 0 Å². The highest BCUT2D eigenvalue weighted by molar-refractivity contribution is 9.10. The monoisotopic (exact) mass is 306 g/mol. The standard InChI is InChI=1S/C9H8Br2O2/c10-5-7-3-1-2-6(9(7)11)4-8(12)13/h1-3H,4-5H2,(H,12,13). The molecule has 0 atom stereocenters. The largest absolute Gasteiger partial charge is 0.481 e. The quantitative estimate of drug-likeness (QED) is 0.872. The summed E-state index contributed by atoms with van der Waals surface area (Å²) in [5.41, 5.74) is 1.88. The Morgan fingerprint density at radius 3 is 2.54 bits per heavy atom. The van der Waals surface area contributed by atoms with Crippen LogP contribution in [0.1, 0.15) is 11.1 Å². The lowest BCUT2D eigenvalue weighted by molar-refractivity contribution is -0.136. The summed E-state index contributed by atoms with van der Waals surface area (Å²) >= 11 is 6.71. The van der Waals surface area contributed by atoms with Gasteiger partial charge in [-0.3, -0.25) is 4.79 Å². The number of carbonyl (C=O) groups is 1. The van der Waals surface area contributed by atoms with Crippen molar-refractivity contribution in [3.05, 3.63) is 33.8 Å². The predicted molar refractivity (Wildman–Crippen MR) is 58.1 cm³/mol. The summed E-state index contributed by atoms with van der Waals surface area (Å²) in [4.78, 5) is 10.5. The summed E-state index contributed by atoms with van der Waals surface area (Å²) in [5.74, 6) is -0.813. The molecule has 13 heavy (non-hydrogen) atoms. The minimum Gasteiger partial charge on any atom is -0.481 e. The van der Waals surface area contributed by atoms with Gasteiger partial charge in [-0.1, -0.05) is 50.1 Å². The Morgan fingerprint density at radius 1 is 1.38 bits per heavy atom. The zero-order valence-electron chi connectivity index (χ0n) is 6.76. The Kier molecular flexibility index (Phi) is 3.93. The third-order valence-corrected chi connectivity index (χ3v) is 3.27. The van der Waals surface area contributed by atoms with E-state index in [9.17, 15) is 4.79 Å². The first-order valence-corrected chi connectivity index (χ1v) is 5.60. The van der Waals surface area contributed by atoms with E-state index in [4.69, 9.17) is 5.11 Å². The highest BCUT2D eigenvalue weighted by Gasteiger charge is 2.07. The van der Waals surface area contributed by atoms with Crippen molar-refractivity contribution >= 4 is 37.8 Å². The highest BCUT2D eigenvalue weighted by Crippen LogP contribution is 2.24. The van der Waals surface area contributed by atoms with Crippen LogP contribution in [0, 0.1) is 0 Å². The number of halogens is 2. The molecule has 0 fully saturated rings. The molecule has 0 spiro atoms. The molecule has 0 radical (unpaired) electrons. The lowest BCUT2D eigenvalue weighted by Gasteiger charge is -2.05. The molecule has 70 valence electrons. The van der Waals surface area contributed by atoms with Gasteiger partial charge < -0.3 is 5.11 Å². The number of aliphatic carboxylic acids is 1. The van der Waals surface area contributed by atoms with Gasteiger partial charge in [0.05, 0.1) is 6.42 Å². The van der Waals surface area contributed by atoms with Crippen LogP contribution in [0.3, 0.4) is 0 Å². The molecule has 4 heteroatoms. The molecule has 0 unspecified atom stereocenters. The molecule has 0 heterocycles. The van der Waals surface area contributed by atoms with E-state index >= 15 is 0 Å². The zero-order chi connectivity index (χ0) is 9.84. The van der Waals surface area contributed by atoms with E-state index in [1.807, 2.05) is 18.2 Å². The first-order valence-electron chi connectivity index (χ1n) is 3.69. The Hall–Kier alpha value is -0.350. The van der Waals surface area contributed by atoms with Crippen molar-refractivity contribution in [2.24, 2.45) is 0 Å². The van der Waals surface area contributed by atoms with Gasteiger partial charge in [0.25, 0.3) is 0 Å². The Labute approximate surface area is 93.2 Å².